The Morgan fingerprint density at radius 3 is 2.50 bits per heavy atom. The molecule has 0 spiro atoms. The number of hydrogen-bond acceptors (Lipinski definition) is 7. The number of benzene rings is 2. The number of halogens is 3. The number of hydrogen-bond donors (Lipinski definition) is 1. The van der Waals surface area contributed by atoms with Crippen molar-refractivity contribution < 1.29 is 37.3 Å². The van der Waals surface area contributed by atoms with Gasteiger partial charge in [-0.1, -0.05) is 11.6 Å². The van der Waals surface area contributed by atoms with Crippen LogP contribution in [0, 0.1) is 6.92 Å². The molecule has 2 aliphatic rings. The number of cyclic esters (lactones) is 1. The number of rotatable bonds is 8. The third-order valence-electron chi connectivity index (χ3n) is 8.56. The van der Waals surface area contributed by atoms with Gasteiger partial charge in [-0.05, 0) is 68.3 Å². The maximum Gasteiger partial charge on any atom is 0.416 e. The number of imidazole rings is 1. The standard InChI is InChI=1S/C33H32F3N5O5/c1-18-12-21(14-22(13-18)33(34,35)36)29-19(2)41(32(44)46-29)17-25-23(7-9-28(38-25)40-10-5-11-40)24-15-20(6-8-27(24)45-4)30-37-16-26(31(42)43)39(30)3/h6-9,12-16,19,29H,5,10-11,17H2,1-4H3,(H,42,43)/t19-,29-/m0/s1. The number of alkyl halides is 3. The molecule has 2 aromatic carbocycles. The highest BCUT2D eigenvalue weighted by atomic mass is 19.4. The second kappa shape index (κ2) is 11.7. The lowest BCUT2D eigenvalue weighted by Crippen LogP contribution is -2.38. The number of ether oxygens (including phenoxy) is 2. The number of anilines is 1. The molecule has 2 aliphatic heterocycles. The molecule has 46 heavy (non-hydrogen) atoms. The summed E-state index contributed by atoms with van der Waals surface area (Å²) < 4.78 is 53.7. The number of amides is 1. The fourth-order valence-electron chi connectivity index (χ4n) is 5.97. The fraction of sp³-hybridized carbons (Fsp3) is 0.333. The average molecular weight is 636 g/mol. The molecular weight excluding hydrogens is 603 g/mol. The molecule has 10 nitrogen and oxygen atoms in total. The first-order valence-electron chi connectivity index (χ1n) is 14.7. The Labute approximate surface area is 263 Å². The van der Waals surface area contributed by atoms with Crippen molar-refractivity contribution in [2.45, 2.75) is 45.1 Å². The minimum absolute atomic E-state index is 0.0183. The number of carbonyl (C=O) groups excluding carboxylic acids is 1. The number of aromatic nitrogens is 3. The zero-order valence-corrected chi connectivity index (χ0v) is 25.6. The summed E-state index contributed by atoms with van der Waals surface area (Å²) >= 11 is 0. The van der Waals surface area contributed by atoms with E-state index in [0.29, 0.717) is 39.5 Å². The zero-order chi connectivity index (χ0) is 32.9. The average Bonchev–Trinajstić information content (AvgIpc) is 3.50. The van der Waals surface area contributed by atoms with E-state index in [0.717, 1.165) is 37.5 Å². The van der Waals surface area contributed by atoms with E-state index in [1.807, 2.05) is 18.2 Å². The van der Waals surface area contributed by atoms with E-state index >= 15 is 0 Å². The van der Waals surface area contributed by atoms with Gasteiger partial charge in [0.1, 0.15) is 29.2 Å². The number of aromatic carboxylic acids is 1. The van der Waals surface area contributed by atoms with Crippen LogP contribution in [0.1, 0.15) is 52.3 Å². The van der Waals surface area contributed by atoms with E-state index in [2.05, 4.69) is 9.88 Å². The van der Waals surface area contributed by atoms with Crippen molar-refractivity contribution in [2.75, 3.05) is 25.1 Å². The number of carboxylic acids is 1. The zero-order valence-electron chi connectivity index (χ0n) is 25.6. The number of pyridine rings is 1. The first-order chi connectivity index (χ1) is 21.8. The molecule has 2 atom stereocenters. The van der Waals surface area contributed by atoms with Crippen molar-refractivity contribution >= 4 is 17.9 Å². The van der Waals surface area contributed by atoms with E-state index < -0.39 is 35.9 Å². The molecule has 4 heterocycles. The summed E-state index contributed by atoms with van der Waals surface area (Å²) in [5.41, 5.74) is 2.38. The van der Waals surface area contributed by atoms with Gasteiger partial charge in [-0.15, -0.1) is 0 Å². The molecule has 0 radical (unpaired) electrons. The first-order valence-corrected chi connectivity index (χ1v) is 14.7. The molecule has 13 heteroatoms. The molecular formula is C33H32F3N5O5. The van der Waals surface area contributed by atoms with Crippen LogP contribution in [0.15, 0.2) is 54.7 Å². The smallest absolute Gasteiger partial charge is 0.416 e. The lowest BCUT2D eigenvalue weighted by Gasteiger charge is -2.33. The maximum atomic E-state index is 13.6. The molecule has 6 rings (SSSR count). The Morgan fingerprint density at radius 2 is 1.87 bits per heavy atom. The normalized spacial score (nSPS) is 18.0. The predicted molar refractivity (Wildman–Crippen MR) is 163 cm³/mol. The highest BCUT2D eigenvalue weighted by Crippen LogP contribution is 2.40. The number of carbonyl (C=O) groups is 2. The van der Waals surface area contributed by atoms with Crippen LogP contribution in [0.25, 0.3) is 22.5 Å². The monoisotopic (exact) mass is 635 g/mol. The van der Waals surface area contributed by atoms with Gasteiger partial charge < -0.3 is 24.0 Å². The Bertz CT molecular complexity index is 1830. The van der Waals surface area contributed by atoms with Crippen molar-refractivity contribution in [2.24, 2.45) is 7.05 Å². The summed E-state index contributed by atoms with van der Waals surface area (Å²) in [4.78, 5) is 37.8. The van der Waals surface area contributed by atoms with E-state index in [1.165, 1.54) is 22.8 Å². The molecule has 1 N–H and O–H groups in total. The Hall–Kier alpha value is -5.07. The van der Waals surface area contributed by atoms with Crippen LogP contribution in [0.4, 0.5) is 23.8 Å². The number of aryl methyl sites for hydroxylation is 1. The molecule has 0 unspecified atom stereocenters. The van der Waals surface area contributed by atoms with Gasteiger partial charge in [-0.2, -0.15) is 13.2 Å². The minimum Gasteiger partial charge on any atom is -0.496 e. The van der Waals surface area contributed by atoms with Crippen LogP contribution in [-0.4, -0.2) is 62.8 Å². The van der Waals surface area contributed by atoms with Crippen molar-refractivity contribution in [1.29, 1.82) is 0 Å². The topological polar surface area (TPSA) is 110 Å². The van der Waals surface area contributed by atoms with Gasteiger partial charge in [0.2, 0.25) is 0 Å². The Kier molecular flexibility index (Phi) is 7.87. The SMILES string of the molecule is COc1ccc(-c2ncc(C(=O)O)n2C)cc1-c1ccc(N2CCC2)nc1CN1C(=O)O[C@H](c2cc(C)cc(C(F)(F)F)c2)[C@@H]1C. The van der Waals surface area contributed by atoms with Crippen LogP contribution in [-0.2, 0) is 24.5 Å². The Morgan fingerprint density at radius 1 is 1.11 bits per heavy atom. The summed E-state index contributed by atoms with van der Waals surface area (Å²) in [6.45, 7) is 5.02. The van der Waals surface area contributed by atoms with E-state index in [-0.39, 0.29) is 17.8 Å². The molecule has 2 saturated heterocycles. The van der Waals surface area contributed by atoms with Gasteiger partial charge in [-0.3, -0.25) is 4.90 Å². The van der Waals surface area contributed by atoms with Crippen LogP contribution >= 0.6 is 0 Å². The number of carboxylic acid groups (broad SMARTS) is 1. The number of nitrogens with zero attached hydrogens (tertiary/aromatic N) is 5. The van der Waals surface area contributed by atoms with Gasteiger partial charge in [0.05, 0.1) is 37.2 Å². The minimum atomic E-state index is -4.54. The second-order valence-corrected chi connectivity index (χ2v) is 11.6. The van der Waals surface area contributed by atoms with Gasteiger partial charge in [0.15, 0.2) is 0 Å². The van der Waals surface area contributed by atoms with Crippen LogP contribution in [0.2, 0.25) is 0 Å². The maximum absolute atomic E-state index is 13.6. The lowest BCUT2D eigenvalue weighted by molar-refractivity contribution is -0.137. The molecule has 0 saturated carbocycles. The van der Waals surface area contributed by atoms with Crippen molar-refractivity contribution in [3.8, 4) is 28.3 Å². The molecule has 0 aliphatic carbocycles. The van der Waals surface area contributed by atoms with E-state index in [9.17, 15) is 27.9 Å². The van der Waals surface area contributed by atoms with Crippen LogP contribution in [0.5, 0.6) is 5.75 Å². The third-order valence-corrected chi connectivity index (χ3v) is 8.56. The second-order valence-electron chi connectivity index (χ2n) is 11.6. The van der Waals surface area contributed by atoms with Crippen LogP contribution in [0.3, 0.4) is 0 Å². The van der Waals surface area contributed by atoms with Crippen molar-refractivity contribution in [1.82, 2.24) is 19.4 Å². The summed E-state index contributed by atoms with van der Waals surface area (Å²) in [5, 5.41) is 9.52. The summed E-state index contributed by atoms with van der Waals surface area (Å²) in [6.07, 6.45) is -3.80. The highest BCUT2D eigenvalue weighted by molar-refractivity contribution is 5.87. The van der Waals surface area contributed by atoms with Gasteiger partial charge >= 0.3 is 18.2 Å². The molecule has 240 valence electrons. The molecule has 1 amide bonds. The van der Waals surface area contributed by atoms with Gasteiger partial charge in [0.25, 0.3) is 0 Å². The number of methoxy groups -OCH3 is 1. The Balaban J connectivity index is 1.40. The summed E-state index contributed by atoms with van der Waals surface area (Å²) in [6, 6.07) is 12.3. The van der Waals surface area contributed by atoms with Crippen LogP contribution < -0.4 is 9.64 Å². The van der Waals surface area contributed by atoms with Crippen molar-refractivity contribution in [3.05, 3.63) is 82.8 Å². The first kappa shape index (κ1) is 30.9. The molecule has 2 fully saturated rings. The third kappa shape index (κ3) is 5.61. The summed E-state index contributed by atoms with van der Waals surface area (Å²) in [7, 11) is 3.15. The largest absolute Gasteiger partial charge is 0.496 e. The molecule has 2 aromatic heterocycles. The highest BCUT2D eigenvalue weighted by Gasteiger charge is 2.42. The van der Waals surface area contributed by atoms with E-state index in [4.69, 9.17) is 14.5 Å². The predicted octanol–water partition coefficient (Wildman–Crippen LogP) is 6.48. The quantitative estimate of drug-likeness (QED) is 0.235. The lowest BCUT2D eigenvalue weighted by atomic mass is 9.97. The summed E-state index contributed by atoms with van der Waals surface area (Å²) in [5.74, 6) is 0.586. The van der Waals surface area contributed by atoms with Gasteiger partial charge in [0, 0.05) is 36.8 Å². The van der Waals surface area contributed by atoms with E-state index in [1.54, 1.807) is 39.1 Å². The molecule has 4 aromatic rings. The molecule has 0 bridgehead atoms. The fourth-order valence-corrected chi connectivity index (χ4v) is 5.97. The van der Waals surface area contributed by atoms with Crippen molar-refractivity contribution in [3.63, 3.8) is 0 Å². The van der Waals surface area contributed by atoms with Gasteiger partial charge in [-0.25, -0.2) is 19.6 Å².